The molecule has 1 rings (SSSR count). The highest BCUT2D eigenvalue weighted by Gasteiger charge is 2.28. The highest BCUT2D eigenvalue weighted by atomic mass is 32.2. The second-order valence-electron chi connectivity index (χ2n) is 3.57. The molecule has 0 aliphatic heterocycles. The molecule has 0 saturated heterocycles. The molecule has 13 heavy (non-hydrogen) atoms. The molecule has 3 nitrogen and oxygen atoms in total. The molecule has 0 heterocycles. The van der Waals surface area contributed by atoms with E-state index in [0.29, 0.717) is 18.8 Å². The molecule has 1 aliphatic rings. The number of rotatable bonds is 2. The molecule has 0 unspecified atom stereocenters. The normalized spacial score (nSPS) is 29.4. The van der Waals surface area contributed by atoms with E-state index in [0.717, 1.165) is 19.3 Å². The Balaban J connectivity index is 0.00000144. The van der Waals surface area contributed by atoms with E-state index >= 15 is 0 Å². The monoisotopic (exact) mass is 212 g/mol. The Morgan fingerprint density at radius 1 is 1.23 bits per heavy atom. The lowest BCUT2D eigenvalue weighted by Crippen LogP contribution is -2.26. The van der Waals surface area contributed by atoms with Crippen LogP contribution in [0.1, 0.15) is 39.0 Å². The summed E-state index contributed by atoms with van der Waals surface area (Å²) in [5.74, 6) is 0.669. The lowest BCUT2D eigenvalue weighted by Gasteiger charge is -2.25. The molecule has 0 aromatic rings. The maximum absolute atomic E-state index is 10.7. The van der Waals surface area contributed by atoms with Crippen molar-refractivity contribution in [3.05, 3.63) is 0 Å². The summed E-state index contributed by atoms with van der Waals surface area (Å²) >= 11 is 0. The summed E-state index contributed by atoms with van der Waals surface area (Å²) in [6.07, 6.45) is 4.29. The lowest BCUT2D eigenvalue weighted by atomic mass is 9.87. The third-order valence-corrected chi connectivity index (χ3v) is 4.11. The maximum Gasteiger partial charge on any atom is 0.267 e. The minimum atomic E-state index is -3.76. The molecule has 0 amide bonds. The van der Waals surface area contributed by atoms with Crippen LogP contribution in [0.25, 0.3) is 0 Å². The predicted molar refractivity (Wildman–Crippen MR) is 50.1 cm³/mol. The fourth-order valence-corrected chi connectivity index (χ4v) is 2.71. The summed E-state index contributed by atoms with van der Waals surface area (Å²) in [4.78, 5) is 0. The highest BCUT2D eigenvalue weighted by Crippen LogP contribution is 2.29. The second kappa shape index (κ2) is 4.91. The minimum absolute atomic E-state index is 0. The standard InChI is InChI=1S/C8H16O3S.FH/c1-2-7-3-5-8(6-4-7)12(9,10)11;/h7-8H,2-6H2,1H3,(H,9,10,11);1H. The molecule has 0 spiro atoms. The topological polar surface area (TPSA) is 54.4 Å². The van der Waals surface area contributed by atoms with Crippen molar-refractivity contribution in [1.82, 2.24) is 0 Å². The van der Waals surface area contributed by atoms with Crippen LogP contribution < -0.4 is 0 Å². The summed E-state index contributed by atoms with van der Waals surface area (Å²) in [6.45, 7) is 2.12. The Morgan fingerprint density at radius 2 is 1.69 bits per heavy atom. The van der Waals surface area contributed by atoms with Crippen LogP contribution in [0.2, 0.25) is 0 Å². The van der Waals surface area contributed by atoms with Gasteiger partial charge >= 0.3 is 0 Å². The molecule has 0 atom stereocenters. The fourth-order valence-electron chi connectivity index (χ4n) is 1.84. The van der Waals surface area contributed by atoms with Crippen molar-refractivity contribution >= 4 is 10.1 Å². The van der Waals surface area contributed by atoms with Crippen LogP contribution in [0.3, 0.4) is 0 Å². The molecule has 0 aromatic heterocycles. The average Bonchev–Trinajstić information content (AvgIpc) is 2.03. The first-order valence-electron chi connectivity index (χ1n) is 4.50. The largest absolute Gasteiger partial charge is 0.285 e. The van der Waals surface area contributed by atoms with Crippen molar-refractivity contribution in [2.24, 2.45) is 5.92 Å². The minimum Gasteiger partial charge on any atom is -0.285 e. The van der Waals surface area contributed by atoms with E-state index in [2.05, 4.69) is 6.92 Å². The van der Waals surface area contributed by atoms with Gasteiger partial charge in [0.1, 0.15) is 0 Å². The van der Waals surface area contributed by atoms with Gasteiger partial charge in [0.05, 0.1) is 5.25 Å². The van der Waals surface area contributed by atoms with Crippen molar-refractivity contribution in [3.8, 4) is 0 Å². The molecule has 1 saturated carbocycles. The molecule has 0 radical (unpaired) electrons. The van der Waals surface area contributed by atoms with Crippen molar-refractivity contribution < 1.29 is 17.7 Å². The van der Waals surface area contributed by atoms with Crippen LogP contribution in [0.15, 0.2) is 0 Å². The van der Waals surface area contributed by atoms with Crippen LogP contribution in [-0.2, 0) is 10.1 Å². The van der Waals surface area contributed by atoms with Gasteiger partial charge < -0.3 is 0 Å². The van der Waals surface area contributed by atoms with Gasteiger partial charge in [0.15, 0.2) is 0 Å². The van der Waals surface area contributed by atoms with E-state index in [1.807, 2.05) is 0 Å². The summed E-state index contributed by atoms with van der Waals surface area (Å²) in [7, 11) is -3.76. The van der Waals surface area contributed by atoms with Crippen molar-refractivity contribution in [3.63, 3.8) is 0 Å². The van der Waals surface area contributed by atoms with E-state index in [-0.39, 0.29) is 4.70 Å². The number of hydrogen-bond donors (Lipinski definition) is 1. The third kappa shape index (κ3) is 3.60. The van der Waals surface area contributed by atoms with Gasteiger partial charge in [-0.05, 0) is 31.6 Å². The molecular formula is C8H17FO3S. The summed E-state index contributed by atoms with van der Waals surface area (Å²) in [6, 6.07) is 0. The molecule has 1 N–H and O–H groups in total. The molecule has 0 bridgehead atoms. The van der Waals surface area contributed by atoms with Crippen molar-refractivity contribution in [2.75, 3.05) is 0 Å². The van der Waals surface area contributed by atoms with Crippen LogP contribution in [0, 0.1) is 5.92 Å². The zero-order chi connectivity index (χ0) is 9.19. The van der Waals surface area contributed by atoms with Crippen LogP contribution in [-0.4, -0.2) is 18.2 Å². The first-order chi connectivity index (χ1) is 5.54. The van der Waals surface area contributed by atoms with E-state index in [1.165, 1.54) is 0 Å². The smallest absolute Gasteiger partial charge is 0.267 e. The highest BCUT2D eigenvalue weighted by molar-refractivity contribution is 7.86. The third-order valence-electron chi connectivity index (χ3n) is 2.79. The molecule has 5 heteroatoms. The molecule has 80 valence electrons. The van der Waals surface area contributed by atoms with Gasteiger partial charge in [-0.15, -0.1) is 0 Å². The van der Waals surface area contributed by atoms with Gasteiger partial charge in [-0.2, -0.15) is 8.42 Å². The average molecular weight is 212 g/mol. The summed E-state index contributed by atoms with van der Waals surface area (Å²) in [5.41, 5.74) is 0. The van der Waals surface area contributed by atoms with Crippen molar-refractivity contribution in [1.29, 1.82) is 0 Å². The first kappa shape index (κ1) is 12.8. The van der Waals surface area contributed by atoms with Gasteiger partial charge in [-0.1, -0.05) is 13.3 Å². The van der Waals surface area contributed by atoms with Gasteiger partial charge in [-0.3, -0.25) is 9.26 Å². The lowest BCUT2D eigenvalue weighted by molar-refractivity contribution is 0.336. The van der Waals surface area contributed by atoms with Crippen LogP contribution in [0.4, 0.5) is 4.70 Å². The summed E-state index contributed by atoms with van der Waals surface area (Å²) in [5, 5.41) is -0.486. The number of halogens is 1. The molecule has 0 aromatic carbocycles. The van der Waals surface area contributed by atoms with Crippen LogP contribution >= 0.6 is 0 Å². The quantitative estimate of drug-likeness (QED) is 0.712. The molecular weight excluding hydrogens is 195 g/mol. The van der Waals surface area contributed by atoms with Gasteiger partial charge in [0, 0.05) is 0 Å². The Kier molecular flexibility index (Phi) is 4.85. The zero-order valence-corrected chi connectivity index (χ0v) is 8.59. The fraction of sp³-hybridized carbons (Fsp3) is 1.00. The van der Waals surface area contributed by atoms with E-state index in [9.17, 15) is 8.42 Å². The molecule has 1 fully saturated rings. The molecule has 1 aliphatic carbocycles. The Labute approximate surface area is 78.6 Å². The Hall–Kier alpha value is -0.160. The SMILES string of the molecule is CCC1CCC(S(=O)(=O)O)CC1.F. The van der Waals surface area contributed by atoms with Crippen LogP contribution in [0.5, 0.6) is 0 Å². The number of hydrogen-bond acceptors (Lipinski definition) is 2. The van der Waals surface area contributed by atoms with E-state index < -0.39 is 15.4 Å². The summed E-state index contributed by atoms with van der Waals surface area (Å²) < 4.78 is 30.2. The maximum atomic E-state index is 10.7. The van der Waals surface area contributed by atoms with Gasteiger partial charge in [0.25, 0.3) is 10.1 Å². The Morgan fingerprint density at radius 3 is 2.00 bits per heavy atom. The van der Waals surface area contributed by atoms with Gasteiger partial charge in [-0.25, -0.2) is 0 Å². The Bertz CT molecular complexity index is 230. The van der Waals surface area contributed by atoms with E-state index in [4.69, 9.17) is 4.55 Å². The zero-order valence-electron chi connectivity index (χ0n) is 7.77. The van der Waals surface area contributed by atoms with Crippen molar-refractivity contribution in [2.45, 2.75) is 44.3 Å². The van der Waals surface area contributed by atoms with E-state index in [1.54, 1.807) is 0 Å². The first-order valence-corrected chi connectivity index (χ1v) is 6.00. The predicted octanol–water partition coefficient (Wildman–Crippen LogP) is 2.00. The van der Waals surface area contributed by atoms with Gasteiger partial charge in [0.2, 0.25) is 0 Å². The second-order valence-corrected chi connectivity index (χ2v) is 5.26.